The molecule has 4 heteroatoms. The molecule has 1 heterocycles. The first-order valence-electron chi connectivity index (χ1n) is 7.04. The zero-order valence-corrected chi connectivity index (χ0v) is 13.5. The minimum atomic E-state index is -0.326. The molecular weight excluding hydrogens is 275 g/mol. The van der Waals surface area contributed by atoms with Gasteiger partial charge in [-0.25, -0.2) is 4.39 Å². The quantitative estimate of drug-likeness (QED) is 0.624. The minimum Gasteiger partial charge on any atom is -0.312 e. The van der Waals surface area contributed by atoms with Gasteiger partial charge in [0.15, 0.2) is 0 Å². The Bertz CT molecular complexity index is 429. The van der Waals surface area contributed by atoms with E-state index in [1.54, 1.807) is 12.2 Å². The van der Waals surface area contributed by atoms with Gasteiger partial charge in [0, 0.05) is 18.5 Å². The SMILES string of the molecule is CC=CC(=C(F)CCl)C1CNC(CC(C)(C)C)C1C#N. The molecule has 1 saturated heterocycles. The number of nitrogens with zero attached hydrogens (tertiary/aromatic N) is 1. The predicted octanol–water partition coefficient (Wildman–Crippen LogP) is 4.19. The molecule has 112 valence electrons. The van der Waals surface area contributed by atoms with Gasteiger partial charge in [0.05, 0.1) is 17.9 Å². The van der Waals surface area contributed by atoms with Gasteiger partial charge < -0.3 is 5.32 Å². The van der Waals surface area contributed by atoms with Crippen LogP contribution in [0.4, 0.5) is 4.39 Å². The lowest BCUT2D eigenvalue weighted by atomic mass is 9.79. The van der Waals surface area contributed by atoms with Crippen LogP contribution in [0, 0.1) is 28.6 Å². The topological polar surface area (TPSA) is 35.8 Å². The molecule has 1 aliphatic rings. The molecular formula is C16H24ClFN2. The molecule has 0 saturated carbocycles. The van der Waals surface area contributed by atoms with Crippen LogP contribution in [0.5, 0.6) is 0 Å². The summed E-state index contributed by atoms with van der Waals surface area (Å²) in [6, 6.07) is 2.47. The largest absolute Gasteiger partial charge is 0.312 e. The summed E-state index contributed by atoms with van der Waals surface area (Å²) in [6.45, 7) is 8.93. The Morgan fingerprint density at radius 3 is 2.60 bits per heavy atom. The first-order chi connectivity index (χ1) is 9.34. The Kier molecular flexibility index (Phi) is 6.23. The molecule has 1 fully saturated rings. The van der Waals surface area contributed by atoms with Crippen LogP contribution in [-0.2, 0) is 0 Å². The average molecular weight is 299 g/mol. The molecule has 0 bridgehead atoms. The van der Waals surface area contributed by atoms with Gasteiger partial charge in [0.1, 0.15) is 5.83 Å². The van der Waals surface area contributed by atoms with Gasteiger partial charge in [-0.15, -0.1) is 11.6 Å². The maximum Gasteiger partial charge on any atom is 0.118 e. The van der Waals surface area contributed by atoms with E-state index < -0.39 is 0 Å². The monoisotopic (exact) mass is 298 g/mol. The van der Waals surface area contributed by atoms with Crippen molar-refractivity contribution in [2.75, 3.05) is 12.4 Å². The Morgan fingerprint density at radius 2 is 2.15 bits per heavy atom. The van der Waals surface area contributed by atoms with E-state index in [1.165, 1.54) is 0 Å². The van der Waals surface area contributed by atoms with Crippen molar-refractivity contribution in [1.29, 1.82) is 5.26 Å². The highest BCUT2D eigenvalue weighted by Crippen LogP contribution is 2.36. The molecule has 2 nitrogen and oxygen atoms in total. The highest BCUT2D eigenvalue weighted by Gasteiger charge is 2.39. The van der Waals surface area contributed by atoms with E-state index in [9.17, 15) is 9.65 Å². The van der Waals surface area contributed by atoms with Gasteiger partial charge in [-0.2, -0.15) is 5.26 Å². The fraction of sp³-hybridized carbons (Fsp3) is 0.688. The molecule has 0 amide bonds. The molecule has 20 heavy (non-hydrogen) atoms. The summed E-state index contributed by atoms with van der Waals surface area (Å²) in [4.78, 5) is 0. The van der Waals surface area contributed by atoms with E-state index in [0.29, 0.717) is 12.1 Å². The van der Waals surface area contributed by atoms with E-state index >= 15 is 0 Å². The van der Waals surface area contributed by atoms with Gasteiger partial charge in [0.2, 0.25) is 0 Å². The molecule has 0 aromatic heterocycles. The molecule has 3 unspecified atom stereocenters. The summed E-state index contributed by atoms with van der Waals surface area (Å²) in [5.41, 5.74) is 0.704. The number of halogens is 2. The second kappa shape index (κ2) is 7.24. The highest BCUT2D eigenvalue weighted by atomic mass is 35.5. The van der Waals surface area contributed by atoms with E-state index in [2.05, 4.69) is 32.2 Å². The Labute approximate surface area is 126 Å². The average Bonchev–Trinajstić information content (AvgIpc) is 2.75. The number of hydrogen-bond acceptors (Lipinski definition) is 2. The molecule has 1 N–H and O–H groups in total. The zero-order chi connectivity index (χ0) is 15.3. The summed E-state index contributed by atoms with van der Waals surface area (Å²) in [5, 5.41) is 12.9. The van der Waals surface area contributed by atoms with Crippen molar-refractivity contribution in [3.8, 4) is 6.07 Å². The normalized spacial score (nSPS) is 28.6. The first-order valence-corrected chi connectivity index (χ1v) is 7.57. The Morgan fingerprint density at radius 1 is 1.50 bits per heavy atom. The van der Waals surface area contributed by atoms with Gasteiger partial charge in [0.25, 0.3) is 0 Å². The van der Waals surface area contributed by atoms with E-state index in [0.717, 1.165) is 6.42 Å². The second-order valence-corrected chi connectivity index (χ2v) is 6.80. The molecule has 0 spiro atoms. The summed E-state index contributed by atoms with van der Waals surface area (Å²) in [7, 11) is 0. The van der Waals surface area contributed by atoms with Crippen molar-refractivity contribution >= 4 is 11.6 Å². The Balaban J connectivity index is 3.00. The molecule has 0 aromatic carbocycles. The number of allylic oxidation sites excluding steroid dienone is 3. The van der Waals surface area contributed by atoms with Crippen LogP contribution in [0.3, 0.4) is 0 Å². The predicted molar refractivity (Wildman–Crippen MR) is 82.1 cm³/mol. The third kappa shape index (κ3) is 4.33. The fourth-order valence-electron chi connectivity index (χ4n) is 2.83. The van der Waals surface area contributed by atoms with Crippen LogP contribution >= 0.6 is 11.6 Å². The Hall–Kier alpha value is -0.850. The van der Waals surface area contributed by atoms with Crippen LogP contribution in [0.25, 0.3) is 0 Å². The lowest BCUT2D eigenvalue weighted by Crippen LogP contribution is -2.31. The van der Waals surface area contributed by atoms with Crippen LogP contribution < -0.4 is 5.32 Å². The fourth-order valence-corrected chi connectivity index (χ4v) is 2.98. The zero-order valence-electron chi connectivity index (χ0n) is 12.7. The first kappa shape index (κ1) is 17.2. The minimum absolute atomic E-state index is 0.105. The summed E-state index contributed by atoms with van der Waals surface area (Å²) in [5.74, 6) is -0.803. The summed E-state index contributed by atoms with van der Waals surface area (Å²) in [6.07, 6.45) is 4.44. The maximum absolute atomic E-state index is 14.0. The maximum atomic E-state index is 14.0. The highest BCUT2D eigenvalue weighted by molar-refractivity contribution is 6.19. The number of alkyl halides is 1. The van der Waals surface area contributed by atoms with Crippen molar-refractivity contribution in [1.82, 2.24) is 5.32 Å². The number of rotatable bonds is 4. The summed E-state index contributed by atoms with van der Waals surface area (Å²) >= 11 is 5.62. The third-order valence-corrected chi connectivity index (χ3v) is 3.86. The van der Waals surface area contributed by atoms with Gasteiger partial charge in [-0.1, -0.05) is 32.9 Å². The molecule has 0 aliphatic carbocycles. The standard InChI is InChI=1S/C16H24ClFN2/c1-5-6-11(14(18)8-17)13-10-20-15(12(13)9-19)7-16(2,3)4/h5-6,12-13,15,20H,7-8,10H2,1-4H3. The second-order valence-electron chi connectivity index (χ2n) is 6.53. The van der Waals surface area contributed by atoms with E-state index in [4.69, 9.17) is 11.6 Å². The van der Waals surface area contributed by atoms with Crippen molar-refractivity contribution in [3.05, 3.63) is 23.6 Å². The van der Waals surface area contributed by atoms with Gasteiger partial charge in [-0.3, -0.25) is 0 Å². The van der Waals surface area contributed by atoms with E-state index in [-0.39, 0.29) is 35.0 Å². The number of hydrogen-bond donors (Lipinski definition) is 1. The van der Waals surface area contributed by atoms with Crippen molar-refractivity contribution in [3.63, 3.8) is 0 Å². The molecule has 0 aromatic rings. The van der Waals surface area contributed by atoms with Crippen molar-refractivity contribution < 1.29 is 4.39 Å². The summed E-state index contributed by atoms with van der Waals surface area (Å²) < 4.78 is 14.0. The number of nitriles is 1. The van der Waals surface area contributed by atoms with Crippen LogP contribution in [-0.4, -0.2) is 18.5 Å². The number of nitrogens with one attached hydrogen (secondary N) is 1. The van der Waals surface area contributed by atoms with Crippen molar-refractivity contribution in [2.24, 2.45) is 17.3 Å². The van der Waals surface area contributed by atoms with Gasteiger partial charge in [-0.05, 0) is 24.3 Å². The van der Waals surface area contributed by atoms with Crippen LogP contribution in [0.15, 0.2) is 23.6 Å². The molecule has 0 radical (unpaired) electrons. The lowest BCUT2D eigenvalue weighted by molar-refractivity contribution is 0.301. The van der Waals surface area contributed by atoms with E-state index in [1.807, 2.05) is 6.92 Å². The lowest BCUT2D eigenvalue weighted by Gasteiger charge is -2.26. The third-order valence-electron chi connectivity index (χ3n) is 3.62. The van der Waals surface area contributed by atoms with Crippen LogP contribution in [0.2, 0.25) is 0 Å². The molecule has 1 rings (SSSR count). The van der Waals surface area contributed by atoms with Gasteiger partial charge >= 0.3 is 0 Å². The smallest absolute Gasteiger partial charge is 0.118 e. The molecule has 3 atom stereocenters. The van der Waals surface area contributed by atoms with Crippen molar-refractivity contribution in [2.45, 2.75) is 40.2 Å². The molecule has 1 aliphatic heterocycles. The van der Waals surface area contributed by atoms with Crippen LogP contribution in [0.1, 0.15) is 34.1 Å².